The summed E-state index contributed by atoms with van der Waals surface area (Å²) >= 11 is 0. The fourth-order valence-electron chi connectivity index (χ4n) is 10.7. The average Bonchev–Trinajstić information content (AvgIpc) is 3.34. The number of nitrogens with one attached hydrogen (secondary N) is 1. The second-order valence-electron chi connectivity index (χ2n) is 15.3. The first-order valence-electron chi connectivity index (χ1n) is 17.2. The fourth-order valence-corrected chi connectivity index (χ4v) is 10.7. The van der Waals surface area contributed by atoms with Gasteiger partial charge in [-0.3, -0.25) is 9.59 Å². The fraction of sp³-hybridized carbons (Fsp3) is 0.730. The molecule has 42 heavy (non-hydrogen) atoms. The molecule has 0 heterocycles. The van der Waals surface area contributed by atoms with E-state index in [0.717, 1.165) is 50.5 Å². The summed E-state index contributed by atoms with van der Waals surface area (Å²) < 4.78 is 0. The highest BCUT2D eigenvalue weighted by Crippen LogP contribution is 2.67. The number of nitrogens with zero attached hydrogens (tertiary/aromatic N) is 1. The number of benzene rings is 1. The summed E-state index contributed by atoms with van der Waals surface area (Å²) in [5.74, 6) is 2.42. The highest BCUT2D eigenvalue weighted by atomic mass is 16.3. The van der Waals surface area contributed by atoms with Gasteiger partial charge in [-0.25, -0.2) is 0 Å². The molecule has 5 heteroatoms. The number of allylic oxidation sites excluding steroid dienone is 1. The quantitative estimate of drug-likeness (QED) is 0.343. The molecule has 5 aliphatic carbocycles. The van der Waals surface area contributed by atoms with E-state index in [0.29, 0.717) is 30.2 Å². The predicted octanol–water partition coefficient (Wildman–Crippen LogP) is 7.04. The van der Waals surface area contributed by atoms with E-state index in [2.05, 4.69) is 44.3 Å². The number of aliphatic hydroxyl groups excluding tert-OH is 1. The molecule has 0 saturated heterocycles. The van der Waals surface area contributed by atoms with Gasteiger partial charge in [0, 0.05) is 18.5 Å². The lowest BCUT2D eigenvalue weighted by Gasteiger charge is -2.58. The van der Waals surface area contributed by atoms with Crippen molar-refractivity contribution in [1.82, 2.24) is 10.2 Å². The van der Waals surface area contributed by atoms with Gasteiger partial charge >= 0.3 is 0 Å². The molecule has 0 bridgehead atoms. The minimum Gasteiger partial charge on any atom is -0.393 e. The summed E-state index contributed by atoms with van der Waals surface area (Å²) in [6, 6.07) is 10.4. The summed E-state index contributed by atoms with van der Waals surface area (Å²) in [5.41, 5.74) is 3.00. The highest BCUT2D eigenvalue weighted by Gasteiger charge is 2.59. The molecule has 4 fully saturated rings. The van der Waals surface area contributed by atoms with E-state index < -0.39 is 0 Å². The molecular formula is C37H54N2O3. The zero-order chi connectivity index (χ0) is 29.5. The number of aliphatic hydroxyl groups is 1. The summed E-state index contributed by atoms with van der Waals surface area (Å²) in [4.78, 5) is 29.4. The zero-order valence-corrected chi connectivity index (χ0v) is 26.3. The second-order valence-corrected chi connectivity index (χ2v) is 15.3. The van der Waals surface area contributed by atoms with Gasteiger partial charge in [0.05, 0.1) is 12.6 Å². The smallest absolute Gasteiger partial charge is 0.239 e. The van der Waals surface area contributed by atoms with E-state index in [4.69, 9.17) is 0 Å². The molecule has 1 aromatic carbocycles. The van der Waals surface area contributed by atoms with E-state index in [1.54, 1.807) is 0 Å². The van der Waals surface area contributed by atoms with Gasteiger partial charge in [0.25, 0.3) is 0 Å². The summed E-state index contributed by atoms with van der Waals surface area (Å²) in [7, 11) is 0. The van der Waals surface area contributed by atoms with Crippen molar-refractivity contribution in [3.63, 3.8) is 0 Å². The lowest BCUT2D eigenvalue weighted by molar-refractivity contribution is -0.144. The number of amides is 2. The van der Waals surface area contributed by atoms with Crippen LogP contribution in [0.2, 0.25) is 0 Å². The molecule has 5 nitrogen and oxygen atoms in total. The Labute approximate surface area is 253 Å². The first-order chi connectivity index (χ1) is 20.2. The standard InChI is InChI=1S/C37H54N2O3/c1-25(35(42)39(23-26-10-6-4-7-11-26)24-34(41)38-28-12-8-5-9-13-28)31-16-17-32-30-15-14-27-22-29(40)18-20-36(27,2)33(30)19-21-37(31,32)3/h4,6-7,10-11,14,25,28-33,40H,5,8-9,12-13,15-24H2,1-3H3,(H,38,41)/t25-,29-,30-,31+,32-,33-,36-,37+/m0/s1. The summed E-state index contributed by atoms with van der Waals surface area (Å²) in [5, 5.41) is 13.6. The molecule has 5 aliphatic rings. The van der Waals surface area contributed by atoms with Crippen molar-refractivity contribution in [2.45, 2.75) is 123 Å². The average molecular weight is 575 g/mol. The molecular weight excluding hydrogens is 520 g/mol. The number of carbonyl (C=O) groups excluding carboxylic acids is 2. The first-order valence-corrected chi connectivity index (χ1v) is 17.2. The monoisotopic (exact) mass is 574 g/mol. The first kappa shape index (κ1) is 29.9. The van der Waals surface area contributed by atoms with E-state index in [-0.39, 0.29) is 47.3 Å². The molecule has 1 aromatic rings. The van der Waals surface area contributed by atoms with Gasteiger partial charge in [0.2, 0.25) is 11.8 Å². The van der Waals surface area contributed by atoms with Gasteiger partial charge < -0.3 is 15.3 Å². The number of carbonyl (C=O) groups is 2. The molecule has 230 valence electrons. The SMILES string of the molecule is C[C@H](C(=O)N(CC(=O)NC1CCCCC1)Cc1ccccc1)[C@H]1CC[C@H]2[C@@H]3CC=C4C[C@@H](O)CC[C@]4(C)[C@H]3CC[C@]12C. The van der Waals surface area contributed by atoms with Crippen molar-refractivity contribution in [3.05, 3.63) is 47.5 Å². The minimum absolute atomic E-state index is 0.00922. The lowest BCUT2D eigenvalue weighted by Crippen LogP contribution is -2.52. The maximum absolute atomic E-state index is 14.3. The van der Waals surface area contributed by atoms with Crippen LogP contribution in [-0.2, 0) is 16.1 Å². The van der Waals surface area contributed by atoms with Gasteiger partial charge in [-0.1, -0.05) is 82.0 Å². The number of hydrogen-bond donors (Lipinski definition) is 2. The summed E-state index contributed by atoms with van der Waals surface area (Å²) in [6.45, 7) is 7.77. The van der Waals surface area contributed by atoms with E-state index in [1.165, 1.54) is 44.1 Å². The molecule has 2 amide bonds. The van der Waals surface area contributed by atoms with E-state index in [9.17, 15) is 14.7 Å². The second kappa shape index (κ2) is 12.1. The number of fused-ring (bicyclic) bond motifs is 5. The normalized spacial score (nSPS) is 37.0. The maximum atomic E-state index is 14.3. The van der Waals surface area contributed by atoms with Crippen molar-refractivity contribution in [3.8, 4) is 0 Å². The van der Waals surface area contributed by atoms with E-state index in [1.807, 2.05) is 23.1 Å². The van der Waals surface area contributed by atoms with Crippen molar-refractivity contribution < 1.29 is 14.7 Å². The molecule has 0 aromatic heterocycles. The molecule has 6 rings (SSSR count). The molecule has 0 radical (unpaired) electrons. The van der Waals surface area contributed by atoms with Gasteiger partial charge in [0.1, 0.15) is 0 Å². The Balaban J connectivity index is 1.18. The van der Waals surface area contributed by atoms with Crippen molar-refractivity contribution in [1.29, 1.82) is 0 Å². The van der Waals surface area contributed by atoms with Crippen LogP contribution in [0.15, 0.2) is 42.0 Å². The predicted molar refractivity (Wildman–Crippen MR) is 167 cm³/mol. The molecule has 0 spiro atoms. The van der Waals surface area contributed by atoms with E-state index >= 15 is 0 Å². The van der Waals surface area contributed by atoms with Crippen molar-refractivity contribution in [2.75, 3.05) is 6.54 Å². The van der Waals surface area contributed by atoms with Crippen molar-refractivity contribution >= 4 is 11.8 Å². The Morgan fingerprint density at radius 2 is 1.74 bits per heavy atom. The van der Waals surface area contributed by atoms with Crippen LogP contribution >= 0.6 is 0 Å². The minimum atomic E-state index is -0.166. The third-order valence-corrected chi connectivity index (χ3v) is 13.0. The Morgan fingerprint density at radius 1 is 0.976 bits per heavy atom. The van der Waals surface area contributed by atoms with Crippen LogP contribution in [0.1, 0.15) is 110 Å². The van der Waals surface area contributed by atoms with Gasteiger partial charge in [-0.2, -0.15) is 0 Å². The van der Waals surface area contributed by atoms with Crippen LogP contribution in [0.3, 0.4) is 0 Å². The molecule has 8 atom stereocenters. The molecule has 0 aliphatic heterocycles. The lowest BCUT2D eigenvalue weighted by atomic mass is 9.47. The molecule has 0 unspecified atom stereocenters. The van der Waals surface area contributed by atoms with Gasteiger partial charge in [-0.05, 0) is 104 Å². The van der Waals surface area contributed by atoms with Crippen LogP contribution < -0.4 is 5.32 Å². The molecule has 2 N–H and O–H groups in total. The van der Waals surface area contributed by atoms with Crippen LogP contribution in [0.25, 0.3) is 0 Å². The number of rotatable bonds is 7. The topological polar surface area (TPSA) is 69.6 Å². The van der Waals surface area contributed by atoms with Crippen LogP contribution in [0.4, 0.5) is 0 Å². The third kappa shape index (κ3) is 5.60. The van der Waals surface area contributed by atoms with Crippen LogP contribution in [0.5, 0.6) is 0 Å². The molecule has 4 saturated carbocycles. The van der Waals surface area contributed by atoms with Crippen LogP contribution in [0, 0.1) is 40.4 Å². The van der Waals surface area contributed by atoms with Gasteiger partial charge in [-0.15, -0.1) is 0 Å². The third-order valence-electron chi connectivity index (χ3n) is 13.0. The Bertz CT molecular complexity index is 1160. The Kier molecular flexibility index (Phi) is 8.61. The van der Waals surface area contributed by atoms with Gasteiger partial charge in [0.15, 0.2) is 0 Å². The van der Waals surface area contributed by atoms with Crippen molar-refractivity contribution in [2.24, 2.45) is 40.4 Å². The zero-order valence-electron chi connectivity index (χ0n) is 26.3. The Morgan fingerprint density at radius 3 is 2.50 bits per heavy atom. The summed E-state index contributed by atoms with van der Waals surface area (Å²) in [6.07, 6.45) is 16.8. The largest absolute Gasteiger partial charge is 0.393 e. The number of hydrogen-bond acceptors (Lipinski definition) is 3. The Hall–Kier alpha value is -2.14. The van der Waals surface area contributed by atoms with Crippen LogP contribution in [-0.4, -0.2) is 40.5 Å². The highest BCUT2D eigenvalue weighted by molar-refractivity contribution is 5.86. The maximum Gasteiger partial charge on any atom is 0.239 e.